The highest BCUT2D eigenvalue weighted by Gasteiger charge is 2.08. The monoisotopic (exact) mass is 268 g/mol. The van der Waals surface area contributed by atoms with E-state index in [-0.39, 0.29) is 6.61 Å². The van der Waals surface area contributed by atoms with Gasteiger partial charge in [-0.25, -0.2) is 9.78 Å². The van der Waals surface area contributed by atoms with Crippen LogP contribution in [0.2, 0.25) is 5.15 Å². The molecule has 0 aromatic carbocycles. The van der Waals surface area contributed by atoms with Crippen LogP contribution < -0.4 is 0 Å². The van der Waals surface area contributed by atoms with E-state index in [1.165, 1.54) is 23.5 Å². The molecule has 0 bridgehead atoms. The van der Waals surface area contributed by atoms with Crippen molar-refractivity contribution >= 4 is 39.9 Å². The van der Waals surface area contributed by atoms with Crippen molar-refractivity contribution in [2.45, 2.75) is 0 Å². The SMILES string of the molecule is C=CCOC(=O)/C=C/c1c(Cl)nc2sccn12. The van der Waals surface area contributed by atoms with E-state index in [1.54, 1.807) is 6.08 Å². The molecule has 17 heavy (non-hydrogen) atoms. The van der Waals surface area contributed by atoms with Crippen molar-refractivity contribution in [1.82, 2.24) is 9.38 Å². The number of halogens is 1. The first kappa shape index (κ1) is 11.9. The van der Waals surface area contributed by atoms with E-state index < -0.39 is 5.97 Å². The quantitative estimate of drug-likeness (QED) is 0.487. The fourth-order valence-corrected chi connectivity index (χ4v) is 2.27. The Morgan fingerprint density at radius 1 is 1.71 bits per heavy atom. The van der Waals surface area contributed by atoms with Crippen molar-refractivity contribution in [1.29, 1.82) is 0 Å². The van der Waals surface area contributed by atoms with Crippen molar-refractivity contribution < 1.29 is 9.53 Å². The highest BCUT2D eigenvalue weighted by Crippen LogP contribution is 2.22. The Morgan fingerprint density at radius 2 is 2.53 bits per heavy atom. The van der Waals surface area contributed by atoms with Gasteiger partial charge < -0.3 is 4.74 Å². The van der Waals surface area contributed by atoms with E-state index in [2.05, 4.69) is 11.6 Å². The van der Waals surface area contributed by atoms with Crippen LogP contribution in [-0.4, -0.2) is 22.0 Å². The summed E-state index contributed by atoms with van der Waals surface area (Å²) in [5, 5.41) is 2.26. The third-order valence-electron chi connectivity index (χ3n) is 1.97. The molecular formula is C11H9ClN2O2S. The fourth-order valence-electron chi connectivity index (χ4n) is 1.26. The average molecular weight is 269 g/mol. The molecule has 0 amide bonds. The molecule has 0 spiro atoms. The summed E-state index contributed by atoms with van der Waals surface area (Å²) in [4.78, 5) is 16.2. The highest BCUT2D eigenvalue weighted by atomic mass is 35.5. The van der Waals surface area contributed by atoms with E-state index in [4.69, 9.17) is 16.3 Å². The summed E-state index contributed by atoms with van der Waals surface area (Å²) >= 11 is 7.43. The second kappa shape index (κ2) is 5.16. The van der Waals surface area contributed by atoms with Crippen LogP contribution in [0.4, 0.5) is 0 Å². The lowest BCUT2D eigenvalue weighted by Gasteiger charge is -1.95. The molecule has 0 aliphatic carbocycles. The molecule has 0 aliphatic rings. The van der Waals surface area contributed by atoms with E-state index in [1.807, 2.05) is 16.0 Å². The van der Waals surface area contributed by atoms with Gasteiger partial charge in [-0.3, -0.25) is 4.40 Å². The molecule has 0 atom stereocenters. The molecule has 2 aromatic heterocycles. The van der Waals surface area contributed by atoms with E-state index >= 15 is 0 Å². The number of hydrogen-bond donors (Lipinski definition) is 0. The van der Waals surface area contributed by atoms with Crippen molar-refractivity contribution in [2.75, 3.05) is 6.61 Å². The van der Waals surface area contributed by atoms with Gasteiger partial charge in [0.05, 0.1) is 5.69 Å². The number of imidazole rings is 1. The summed E-state index contributed by atoms with van der Waals surface area (Å²) < 4.78 is 6.62. The van der Waals surface area contributed by atoms with Gasteiger partial charge in [-0.1, -0.05) is 24.3 Å². The molecule has 2 aromatic rings. The zero-order chi connectivity index (χ0) is 12.3. The highest BCUT2D eigenvalue weighted by molar-refractivity contribution is 7.15. The first-order valence-corrected chi connectivity index (χ1v) is 6.05. The molecule has 88 valence electrons. The van der Waals surface area contributed by atoms with Gasteiger partial charge in [0.1, 0.15) is 6.61 Å². The second-order valence-electron chi connectivity index (χ2n) is 3.10. The van der Waals surface area contributed by atoms with E-state index in [9.17, 15) is 4.79 Å². The smallest absolute Gasteiger partial charge is 0.331 e. The molecule has 0 unspecified atom stereocenters. The van der Waals surface area contributed by atoms with Gasteiger partial charge in [-0.2, -0.15) is 0 Å². The van der Waals surface area contributed by atoms with Crippen LogP contribution in [0.5, 0.6) is 0 Å². The van der Waals surface area contributed by atoms with Crippen LogP contribution in [-0.2, 0) is 9.53 Å². The lowest BCUT2D eigenvalue weighted by Crippen LogP contribution is -1.99. The minimum Gasteiger partial charge on any atom is -0.458 e. The molecule has 0 radical (unpaired) electrons. The molecule has 4 nitrogen and oxygen atoms in total. The molecule has 0 saturated carbocycles. The summed E-state index contributed by atoms with van der Waals surface area (Å²) in [6.45, 7) is 3.65. The van der Waals surface area contributed by atoms with Crippen LogP contribution in [0.3, 0.4) is 0 Å². The Kier molecular flexibility index (Phi) is 3.61. The zero-order valence-electron chi connectivity index (χ0n) is 8.80. The number of thiazole rings is 1. The molecule has 0 fully saturated rings. The number of carbonyl (C=O) groups excluding carboxylic acids is 1. The molecule has 6 heteroatoms. The number of hydrogen-bond acceptors (Lipinski definition) is 4. The van der Waals surface area contributed by atoms with Crippen molar-refractivity contribution in [3.8, 4) is 0 Å². The van der Waals surface area contributed by atoms with Gasteiger partial charge in [0.15, 0.2) is 10.1 Å². The minimum absolute atomic E-state index is 0.192. The first-order chi connectivity index (χ1) is 8.22. The Bertz CT molecular complexity index is 585. The molecule has 2 heterocycles. The number of esters is 1. The zero-order valence-corrected chi connectivity index (χ0v) is 10.4. The first-order valence-electron chi connectivity index (χ1n) is 4.79. The number of aromatic nitrogens is 2. The molecule has 0 N–H and O–H groups in total. The van der Waals surface area contributed by atoms with Crippen molar-refractivity contribution in [2.24, 2.45) is 0 Å². The molecule has 2 rings (SSSR count). The number of fused-ring (bicyclic) bond motifs is 1. The number of nitrogens with zero attached hydrogens (tertiary/aromatic N) is 2. The van der Waals surface area contributed by atoms with Gasteiger partial charge in [-0.05, 0) is 6.08 Å². The van der Waals surface area contributed by atoms with Crippen LogP contribution >= 0.6 is 22.9 Å². The van der Waals surface area contributed by atoms with Crippen LogP contribution in [0.25, 0.3) is 11.0 Å². The summed E-state index contributed by atoms with van der Waals surface area (Å²) in [6, 6.07) is 0. The van der Waals surface area contributed by atoms with Crippen molar-refractivity contribution in [3.05, 3.63) is 41.2 Å². The maximum Gasteiger partial charge on any atom is 0.331 e. The summed E-state index contributed by atoms with van der Waals surface area (Å²) in [5.74, 6) is -0.439. The lowest BCUT2D eigenvalue weighted by atomic mass is 10.4. The molecule has 0 saturated heterocycles. The third kappa shape index (κ3) is 2.57. The number of rotatable bonds is 4. The fraction of sp³-hybridized carbons (Fsp3) is 0.0909. The van der Waals surface area contributed by atoms with Gasteiger partial charge in [0.25, 0.3) is 0 Å². The standard InChI is InChI=1S/C11H9ClN2O2S/c1-2-6-16-9(15)4-3-8-10(12)13-11-14(8)5-7-17-11/h2-5,7H,1,6H2/b4-3+. The normalized spacial score (nSPS) is 11.1. The predicted octanol–water partition coefficient (Wildman–Crippen LogP) is 2.79. The average Bonchev–Trinajstić information content (AvgIpc) is 2.84. The predicted molar refractivity (Wildman–Crippen MR) is 68.3 cm³/mol. The Labute approximate surface area is 107 Å². The Balaban J connectivity index is 2.19. The molecular weight excluding hydrogens is 260 g/mol. The lowest BCUT2D eigenvalue weighted by molar-refractivity contribution is -0.136. The van der Waals surface area contributed by atoms with Crippen LogP contribution in [0, 0.1) is 0 Å². The van der Waals surface area contributed by atoms with Gasteiger partial charge in [-0.15, -0.1) is 11.3 Å². The summed E-state index contributed by atoms with van der Waals surface area (Å²) in [7, 11) is 0. The van der Waals surface area contributed by atoms with Crippen molar-refractivity contribution in [3.63, 3.8) is 0 Å². The third-order valence-corrected chi connectivity index (χ3v) is 3.01. The number of carbonyl (C=O) groups is 1. The van der Waals surface area contributed by atoms with Gasteiger partial charge in [0.2, 0.25) is 0 Å². The number of ether oxygens (including phenoxy) is 1. The topological polar surface area (TPSA) is 43.6 Å². The maximum absolute atomic E-state index is 11.3. The van der Waals surface area contributed by atoms with Gasteiger partial charge in [0, 0.05) is 17.7 Å². The van der Waals surface area contributed by atoms with Crippen LogP contribution in [0.15, 0.2) is 30.3 Å². The van der Waals surface area contributed by atoms with Gasteiger partial charge >= 0.3 is 5.97 Å². The van der Waals surface area contributed by atoms with E-state index in [0.29, 0.717) is 10.8 Å². The second-order valence-corrected chi connectivity index (χ2v) is 4.33. The minimum atomic E-state index is -0.439. The summed E-state index contributed by atoms with van der Waals surface area (Å²) in [5.41, 5.74) is 0.665. The van der Waals surface area contributed by atoms with E-state index in [0.717, 1.165) is 4.96 Å². The maximum atomic E-state index is 11.3. The Morgan fingerprint density at radius 3 is 3.29 bits per heavy atom. The largest absolute Gasteiger partial charge is 0.458 e. The molecule has 0 aliphatic heterocycles. The van der Waals surface area contributed by atoms with Crippen LogP contribution in [0.1, 0.15) is 5.69 Å². The Hall–Kier alpha value is -1.59. The summed E-state index contributed by atoms with van der Waals surface area (Å²) in [6.07, 6.45) is 6.25.